The molecule has 5 amide bonds. The molecule has 242 valence electrons. The average Bonchev–Trinajstić information content (AvgIpc) is 3.21. The summed E-state index contributed by atoms with van der Waals surface area (Å²) in [6.45, 7) is -0.121. The van der Waals surface area contributed by atoms with Crippen molar-refractivity contribution in [3.63, 3.8) is 0 Å². The predicted molar refractivity (Wildman–Crippen MR) is 147 cm³/mol. The number of carboxylic acid groups (broad SMARTS) is 3. The van der Waals surface area contributed by atoms with Crippen LogP contribution in [0.15, 0.2) is 0 Å². The van der Waals surface area contributed by atoms with Crippen molar-refractivity contribution in [2.45, 2.75) is 49.4 Å². The van der Waals surface area contributed by atoms with Crippen molar-refractivity contribution in [2.75, 3.05) is 51.8 Å². The predicted octanol–water partition coefficient (Wildman–Crippen LogP) is -3.26. The first-order valence-corrected chi connectivity index (χ1v) is 14.2. The summed E-state index contributed by atoms with van der Waals surface area (Å²) in [5, 5.41) is 32.3. The number of nitrogens with zero attached hydrogens (tertiary/aromatic N) is 1. The van der Waals surface area contributed by atoms with Crippen LogP contribution in [0.25, 0.3) is 0 Å². The van der Waals surface area contributed by atoms with E-state index in [4.69, 9.17) is 30.5 Å². The highest BCUT2D eigenvalue weighted by molar-refractivity contribution is 8.00. The van der Waals surface area contributed by atoms with Gasteiger partial charge in [-0.05, 0) is 6.42 Å². The van der Waals surface area contributed by atoms with E-state index in [-0.39, 0.29) is 77.4 Å². The van der Waals surface area contributed by atoms with Gasteiger partial charge >= 0.3 is 17.9 Å². The molecule has 3 unspecified atom stereocenters. The summed E-state index contributed by atoms with van der Waals surface area (Å²) >= 11 is 0.893. The lowest BCUT2D eigenvalue weighted by molar-refractivity contribution is -0.140. The van der Waals surface area contributed by atoms with Gasteiger partial charge in [-0.15, -0.1) is 11.8 Å². The summed E-state index contributed by atoms with van der Waals surface area (Å²) < 4.78 is 10.3. The lowest BCUT2D eigenvalue weighted by atomic mass is 10.1. The number of carboxylic acids is 3. The monoisotopic (exact) mass is 635 g/mol. The van der Waals surface area contributed by atoms with E-state index in [0.717, 1.165) is 16.7 Å². The van der Waals surface area contributed by atoms with Gasteiger partial charge in [0.05, 0.1) is 38.1 Å². The van der Waals surface area contributed by atoms with Crippen molar-refractivity contribution in [3.8, 4) is 0 Å². The zero-order chi connectivity index (χ0) is 32.4. The molecule has 0 aromatic heterocycles. The van der Waals surface area contributed by atoms with Crippen LogP contribution in [0.1, 0.15) is 32.1 Å². The van der Waals surface area contributed by atoms with Crippen LogP contribution < -0.4 is 21.7 Å². The number of carbonyl (C=O) groups excluding carboxylic acids is 5. The minimum Gasteiger partial charge on any atom is -0.481 e. The fourth-order valence-electron chi connectivity index (χ4n) is 3.42. The molecular formula is C24H37N5O13S. The van der Waals surface area contributed by atoms with Gasteiger partial charge in [0.25, 0.3) is 0 Å². The van der Waals surface area contributed by atoms with E-state index in [9.17, 15) is 38.4 Å². The third kappa shape index (κ3) is 15.8. The number of nitrogens with two attached hydrogens (primary N) is 1. The van der Waals surface area contributed by atoms with Gasteiger partial charge in [-0.25, -0.2) is 0 Å². The van der Waals surface area contributed by atoms with Crippen LogP contribution in [0, 0.1) is 0 Å². The second-order valence-electron chi connectivity index (χ2n) is 9.09. The highest BCUT2D eigenvalue weighted by Crippen LogP contribution is 2.26. The highest BCUT2D eigenvalue weighted by atomic mass is 32.2. The van der Waals surface area contributed by atoms with Crippen molar-refractivity contribution in [1.82, 2.24) is 20.9 Å². The minimum absolute atomic E-state index is 0.0633. The number of imide groups is 1. The number of likely N-dealkylation sites (tertiary alicyclic amines) is 1. The van der Waals surface area contributed by atoms with Crippen LogP contribution in [0.3, 0.4) is 0 Å². The Morgan fingerprint density at radius 2 is 1.58 bits per heavy atom. The summed E-state index contributed by atoms with van der Waals surface area (Å²) in [5.74, 6) is -6.94. The van der Waals surface area contributed by atoms with Crippen LogP contribution in [-0.2, 0) is 47.8 Å². The topological polar surface area (TPSA) is 281 Å². The number of thioether (sulfide) groups is 1. The Hall–Kier alpha value is -3.81. The molecule has 43 heavy (non-hydrogen) atoms. The van der Waals surface area contributed by atoms with E-state index >= 15 is 0 Å². The first kappa shape index (κ1) is 37.2. The maximum Gasteiger partial charge on any atom is 0.322 e. The molecule has 0 aliphatic carbocycles. The van der Waals surface area contributed by atoms with Crippen molar-refractivity contribution < 1.29 is 63.1 Å². The molecule has 0 bridgehead atoms. The number of rotatable bonds is 23. The van der Waals surface area contributed by atoms with Crippen LogP contribution >= 0.6 is 11.8 Å². The molecule has 1 aliphatic rings. The highest BCUT2D eigenvalue weighted by Gasteiger charge is 2.39. The molecule has 18 nitrogen and oxygen atoms in total. The molecule has 3 atom stereocenters. The lowest BCUT2D eigenvalue weighted by Gasteiger charge is -2.20. The van der Waals surface area contributed by atoms with E-state index in [1.54, 1.807) is 0 Å². The molecule has 1 fully saturated rings. The molecule has 19 heteroatoms. The second kappa shape index (κ2) is 20.2. The van der Waals surface area contributed by atoms with E-state index < -0.39 is 71.3 Å². The summed E-state index contributed by atoms with van der Waals surface area (Å²) in [6, 6.07) is -2.59. The molecule has 0 saturated carbocycles. The van der Waals surface area contributed by atoms with Gasteiger partial charge in [-0.1, -0.05) is 0 Å². The van der Waals surface area contributed by atoms with Crippen molar-refractivity contribution in [3.05, 3.63) is 0 Å². The zero-order valence-electron chi connectivity index (χ0n) is 23.3. The Morgan fingerprint density at radius 3 is 2.21 bits per heavy atom. The summed E-state index contributed by atoms with van der Waals surface area (Å²) in [5.41, 5.74) is 5.37. The smallest absolute Gasteiger partial charge is 0.322 e. The van der Waals surface area contributed by atoms with Gasteiger partial charge in [0.15, 0.2) is 0 Å². The van der Waals surface area contributed by atoms with Crippen LogP contribution in [-0.4, -0.2) is 137 Å². The van der Waals surface area contributed by atoms with Gasteiger partial charge in [0.2, 0.25) is 29.5 Å². The molecule has 8 N–H and O–H groups in total. The number of aliphatic carboxylic acids is 3. The molecule has 1 saturated heterocycles. The number of amides is 5. The van der Waals surface area contributed by atoms with Crippen molar-refractivity contribution >= 4 is 59.2 Å². The Kier molecular flexibility index (Phi) is 17.4. The second-order valence-corrected chi connectivity index (χ2v) is 10.3. The maximum atomic E-state index is 12.8. The van der Waals surface area contributed by atoms with Gasteiger partial charge in [0.1, 0.15) is 18.6 Å². The van der Waals surface area contributed by atoms with E-state index in [2.05, 4.69) is 16.0 Å². The standard InChI is InChI=1S/C24H37N5O13S/c25-14(24(39)40)1-2-18(31)28-15(22(37)27-12-21(35)36)13-43-16-11-19(32)29(23(16)38)6-3-17(30)26-5-8-42-10-9-41-7-4-20(33)34/h14-16H,1-13,25H2,(H,26,30)(H,27,37)(H,28,31)(H,33,34)(H,35,36)(H,39,40). The van der Waals surface area contributed by atoms with Gasteiger partial charge < -0.3 is 46.5 Å². The third-order valence-electron chi connectivity index (χ3n) is 5.70. The molecule has 1 rings (SSSR count). The summed E-state index contributed by atoms with van der Waals surface area (Å²) in [4.78, 5) is 95.0. The number of carbonyl (C=O) groups is 8. The SMILES string of the molecule is NC(CCC(=O)NC(CSC1CC(=O)N(CCC(=O)NCCOCCOCCC(=O)O)C1=O)C(=O)NCC(=O)O)C(=O)O. The third-order valence-corrected chi connectivity index (χ3v) is 6.99. The molecule has 0 aromatic carbocycles. The molecule has 0 spiro atoms. The molecule has 0 aromatic rings. The minimum atomic E-state index is -1.33. The molecule has 1 aliphatic heterocycles. The first-order chi connectivity index (χ1) is 20.3. The van der Waals surface area contributed by atoms with E-state index in [0.29, 0.717) is 0 Å². The number of nitrogens with one attached hydrogen (secondary N) is 3. The van der Waals surface area contributed by atoms with Gasteiger partial charge in [-0.3, -0.25) is 43.3 Å². The van der Waals surface area contributed by atoms with Crippen molar-refractivity contribution in [1.29, 1.82) is 0 Å². The Morgan fingerprint density at radius 1 is 0.907 bits per heavy atom. The fourth-order valence-corrected chi connectivity index (χ4v) is 4.61. The molecular weight excluding hydrogens is 598 g/mol. The Bertz CT molecular complexity index is 1030. The Balaban J connectivity index is 2.49. The van der Waals surface area contributed by atoms with Crippen LogP contribution in [0.5, 0.6) is 0 Å². The fraction of sp³-hybridized carbons (Fsp3) is 0.667. The van der Waals surface area contributed by atoms with E-state index in [1.165, 1.54) is 0 Å². The first-order valence-electron chi connectivity index (χ1n) is 13.2. The number of hydrogen-bond acceptors (Lipinski definition) is 12. The van der Waals surface area contributed by atoms with Crippen molar-refractivity contribution in [2.24, 2.45) is 5.73 Å². The normalized spacial score (nSPS) is 15.9. The quantitative estimate of drug-likeness (QED) is 0.0428. The lowest BCUT2D eigenvalue weighted by Crippen LogP contribution is -2.50. The summed E-state index contributed by atoms with van der Waals surface area (Å²) in [6.07, 6.45) is -1.03. The molecule has 1 heterocycles. The Labute approximate surface area is 250 Å². The number of hydrogen-bond donors (Lipinski definition) is 7. The maximum absolute atomic E-state index is 12.8. The number of ether oxygens (including phenoxy) is 2. The van der Waals surface area contributed by atoms with Crippen LogP contribution in [0.2, 0.25) is 0 Å². The largest absolute Gasteiger partial charge is 0.481 e. The zero-order valence-corrected chi connectivity index (χ0v) is 24.1. The van der Waals surface area contributed by atoms with Gasteiger partial charge in [-0.2, -0.15) is 0 Å². The van der Waals surface area contributed by atoms with Gasteiger partial charge in [0, 0.05) is 38.1 Å². The van der Waals surface area contributed by atoms with Crippen LogP contribution in [0.4, 0.5) is 0 Å². The molecule has 0 radical (unpaired) electrons. The van der Waals surface area contributed by atoms with E-state index in [1.807, 2.05) is 0 Å². The average molecular weight is 636 g/mol. The summed E-state index contributed by atoms with van der Waals surface area (Å²) in [7, 11) is 0.